The largest absolute Gasteiger partial charge is 0.310 e. The zero-order chi connectivity index (χ0) is 14.5. The molecule has 2 aromatic carbocycles. The minimum absolute atomic E-state index is 0.203. The van der Waals surface area contributed by atoms with Gasteiger partial charge >= 0.3 is 0 Å². The van der Waals surface area contributed by atoms with Gasteiger partial charge < -0.3 is 5.32 Å². The third-order valence-corrected chi connectivity index (χ3v) is 4.16. The Hall–Kier alpha value is -0.730. The van der Waals surface area contributed by atoms with Crippen molar-refractivity contribution in [3.05, 3.63) is 68.7 Å². The summed E-state index contributed by atoms with van der Waals surface area (Å²) in [5, 5.41) is 5.62. The molecule has 0 radical (unpaired) electrons. The first-order valence-electron chi connectivity index (χ1n) is 6.49. The molecule has 0 saturated heterocycles. The Kier molecular flexibility index (Phi) is 5.74. The van der Waals surface area contributed by atoms with Crippen molar-refractivity contribution in [2.24, 2.45) is 0 Å². The molecule has 0 amide bonds. The van der Waals surface area contributed by atoms with E-state index >= 15 is 0 Å². The van der Waals surface area contributed by atoms with Crippen LogP contribution in [0.4, 0.5) is 0 Å². The van der Waals surface area contributed by atoms with Crippen molar-refractivity contribution in [3.8, 4) is 0 Å². The van der Waals surface area contributed by atoms with Crippen molar-refractivity contribution >= 4 is 34.8 Å². The molecule has 0 aromatic heterocycles. The maximum absolute atomic E-state index is 6.18. The number of hydrogen-bond donors (Lipinski definition) is 1. The van der Waals surface area contributed by atoms with Crippen LogP contribution in [-0.2, 0) is 6.42 Å². The molecule has 0 fully saturated rings. The van der Waals surface area contributed by atoms with Crippen molar-refractivity contribution in [1.29, 1.82) is 0 Å². The van der Waals surface area contributed by atoms with Crippen LogP contribution in [0.5, 0.6) is 0 Å². The quantitative estimate of drug-likeness (QED) is 0.760. The average Bonchev–Trinajstić information content (AvgIpc) is 2.41. The monoisotopic (exact) mass is 327 g/mol. The van der Waals surface area contributed by atoms with Gasteiger partial charge in [0.2, 0.25) is 0 Å². The Morgan fingerprint density at radius 2 is 1.75 bits per heavy atom. The standard InChI is InChI=1S/C16H16Cl3N/c1-11(14-4-2-3-5-15(14)18)20-9-8-12-6-7-13(17)10-16(12)19/h2-7,10-11,20H,8-9H2,1H3. The van der Waals surface area contributed by atoms with Crippen LogP contribution >= 0.6 is 34.8 Å². The van der Waals surface area contributed by atoms with Gasteiger partial charge in [-0.15, -0.1) is 0 Å². The second-order valence-electron chi connectivity index (χ2n) is 4.68. The van der Waals surface area contributed by atoms with Gasteiger partial charge in [-0.25, -0.2) is 0 Å². The second-order valence-corrected chi connectivity index (χ2v) is 5.93. The number of rotatable bonds is 5. The minimum atomic E-state index is 0.203. The molecule has 1 atom stereocenters. The lowest BCUT2D eigenvalue weighted by atomic mass is 10.1. The van der Waals surface area contributed by atoms with Crippen LogP contribution < -0.4 is 5.32 Å². The van der Waals surface area contributed by atoms with Gasteiger partial charge in [0.05, 0.1) is 0 Å². The van der Waals surface area contributed by atoms with Gasteiger partial charge in [0.25, 0.3) is 0 Å². The van der Waals surface area contributed by atoms with Crippen molar-refractivity contribution in [1.82, 2.24) is 5.32 Å². The van der Waals surface area contributed by atoms with E-state index in [-0.39, 0.29) is 6.04 Å². The molecule has 2 rings (SSSR count). The highest BCUT2D eigenvalue weighted by atomic mass is 35.5. The molecule has 0 saturated carbocycles. The maximum atomic E-state index is 6.18. The molecule has 1 nitrogen and oxygen atoms in total. The van der Waals surface area contributed by atoms with E-state index in [1.165, 1.54) is 0 Å². The molecule has 0 spiro atoms. The summed E-state index contributed by atoms with van der Waals surface area (Å²) in [6, 6.07) is 13.7. The van der Waals surface area contributed by atoms with Gasteiger partial charge in [-0.3, -0.25) is 0 Å². The van der Waals surface area contributed by atoms with E-state index in [1.807, 2.05) is 36.4 Å². The van der Waals surface area contributed by atoms with E-state index in [1.54, 1.807) is 6.07 Å². The lowest BCUT2D eigenvalue weighted by Crippen LogP contribution is -2.21. The van der Waals surface area contributed by atoms with Crippen molar-refractivity contribution in [2.75, 3.05) is 6.54 Å². The van der Waals surface area contributed by atoms with Crippen LogP contribution in [-0.4, -0.2) is 6.54 Å². The molecule has 0 aliphatic carbocycles. The molecule has 1 N–H and O–H groups in total. The summed E-state index contributed by atoms with van der Waals surface area (Å²) in [5.41, 5.74) is 2.20. The van der Waals surface area contributed by atoms with E-state index in [4.69, 9.17) is 34.8 Å². The minimum Gasteiger partial charge on any atom is -0.310 e. The molecule has 0 aliphatic rings. The Morgan fingerprint density at radius 3 is 2.45 bits per heavy atom. The van der Waals surface area contributed by atoms with Gasteiger partial charge in [0.15, 0.2) is 0 Å². The third kappa shape index (κ3) is 4.13. The molecule has 4 heteroatoms. The summed E-state index contributed by atoms with van der Waals surface area (Å²) < 4.78 is 0. The van der Waals surface area contributed by atoms with Crippen LogP contribution in [0.15, 0.2) is 42.5 Å². The van der Waals surface area contributed by atoms with E-state index in [2.05, 4.69) is 12.2 Å². The van der Waals surface area contributed by atoms with Gasteiger partial charge in [0.1, 0.15) is 0 Å². The lowest BCUT2D eigenvalue weighted by Gasteiger charge is -2.16. The molecule has 0 bridgehead atoms. The van der Waals surface area contributed by atoms with E-state index in [0.29, 0.717) is 10.0 Å². The molecule has 0 heterocycles. The fourth-order valence-corrected chi connectivity index (χ4v) is 2.89. The van der Waals surface area contributed by atoms with E-state index in [0.717, 1.165) is 29.1 Å². The van der Waals surface area contributed by atoms with Crippen molar-refractivity contribution in [2.45, 2.75) is 19.4 Å². The highest BCUT2D eigenvalue weighted by Crippen LogP contribution is 2.23. The fourth-order valence-electron chi connectivity index (χ4n) is 2.08. The zero-order valence-electron chi connectivity index (χ0n) is 11.2. The zero-order valence-corrected chi connectivity index (χ0v) is 13.4. The first-order chi connectivity index (χ1) is 9.58. The van der Waals surface area contributed by atoms with Crippen LogP contribution in [0.3, 0.4) is 0 Å². The predicted octanol–water partition coefficient (Wildman–Crippen LogP) is 5.54. The number of halogens is 3. The summed E-state index contributed by atoms with van der Waals surface area (Å²) in [6.07, 6.45) is 0.852. The molecule has 2 aromatic rings. The van der Waals surface area contributed by atoms with Crippen LogP contribution in [0.25, 0.3) is 0 Å². The smallest absolute Gasteiger partial charge is 0.0453 e. The van der Waals surface area contributed by atoms with E-state index < -0.39 is 0 Å². The number of benzene rings is 2. The maximum Gasteiger partial charge on any atom is 0.0453 e. The van der Waals surface area contributed by atoms with Gasteiger partial charge in [-0.1, -0.05) is 59.1 Å². The third-order valence-electron chi connectivity index (χ3n) is 3.23. The van der Waals surface area contributed by atoms with Crippen LogP contribution in [0.1, 0.15) is 24.1 Å². The summed E-state index contributed by atoms with van der Waals surface area (Å²) in [5.74, 6) is 0. The van der Waals surface area contributed by atoms with Crippen LogP contribution in [0.2, 0.25) is 15.1 Å². The van der Waals surface area contributed by atoms with Gasteiger partial charge in [-0.05, 0) is 49.2 Å². The van der Waals surface area contributed by atoms with Crippen molar-refractivity contribution in [3.63, 3.8) is 0 Å². The molecule has 106 valence electrons. The Labute approximate surface area is 134 Å². The highest BCUT2D eigenvalue weighted by molar-refractivity contribution is 6.35. The fraction of sp³-hybridized carbons (Fsp3) is 0.250. The molecular formula is C16H16Cl3N. The topological polar surface area (TPSA) is 12.0 Å². The predicted molar refractivity (Wildman–Crippen MR) is 88.0 cm³/mol. The highest BCUT2D eigenvalue weighted by Gasteiger charge is 2.08. The normalized spacial score (nSPS) is 12.4. The molecule has 0 aliphatic heterocycles. The summed E-state index contributed by atoms with van der Waals surface area (Å²) in [4.78, 5) is 0. The van der Waals surface area contributed by atoms with E-state index in [9.17, 15) is 0 Å². The summed E-state index contributed by atoms with van der Waals surface area (Å²) >= 11 is 18.2. The Morgan fingerprint density at radius 1 is 1.00 bits per heavy atom. The lowest BCUT2D eigenvalue weighted by molar-refractivity contribution is 0.577. The number of nitrogens with one attached hydrogen (secondary N) is 1. The Bertz CT molecular complexity index is 584. The average molecular weight is 329 g/mol. The first kappa shape index (κ1) is 15.7. The summed E-state index contributed by atoms with van der Waals surface area (Å²) in [6.45, 7) is 2.93. The van der Waals surface area contributed by atoms with Gasteiger partial charge in [-0.2, -0.15) is 0 Å². The second kappa shape index (κ2) is 7.33. The van der Waals surface area contributed by atoms with Crippen LogP contribution in [0, 0.1) is 0 Å². The molecule has 1 unspecified atom stereocenters. The molecular weight excluding hydrogens is 313 g/mol. The molecule has 20 heavy (non-hydrogen) atoms. The summed E-state index contributed by atoms with van der Waals surface area (Å²) in [7, 11) is 0. The first-order valence-corrected chi connectivity index (χ1v) is 7.63. The Balaban J connectivity index is 1.91. The SMILES string of the molecule is CC(NCCc1ccc(Cl)cc1Cl)c1ccccc1Cl. The number of hydrogen-bond acceptors (Lipinski definition) is 1. The van der Waals surface area contributed by atoms with Gasteiger partial charge in [0, 0.05) is 21.1 Å². The van der Waals surface area contributed by atoms with Crippen molar-refractivity contribution < 1.29 is 0 Å².